The molecular formula is C18H22N6O3. The van der Waals surface area contributed by atoms with Crippen LogP contribution in [0.3, 0.4) is 0 Å². The van der Waals surface area contributed by atoms with Crippen molar-refractivity contribution in [3.8, 4) is 11.4 Å². The van der Waals surface area contributed by atoms with Gasteiger partial charge in [-0.3, -0.25) is 14.5 Å². The molecule has 9 nitrogen and oxygen atoms in total. The highest BCUT2D eigenvalue weighted by Gasteiger charge is 2.09. The van der Waals surface area contributed by atoms with Crippen LogP contribution in [-0.2, 0) is 22.7 Å². The van der Waals surface area contributed by atoms with Gasteiger partial charge in [0.25, 0.3) is 5.89 Å². The first kappa shape index (κ1) is 18.7. The molecule has 0 atom stereocenters. The van der Waals surface area contributed by atoms with Gasteiger partial charge in [0.2, 0.25) is 11.7 Å². The Hall–Kier alpha value is -3.07. The first-order valence-corrected chi connectivity index (χ1v) is 8.70. The molecule has 0 bridgehead atoms. The number of rotatable bonds is 9. The van der Waals surface area contributed by atoms with Gasteiger partial charge in [0.1, 0.15) is 13.2 Å². The largest absolute Gasteiger partial charge is 0.362 e. The highest BCUT2D eigenvalue weighted by molar-refractivity contribution is 5.77. The van der Waals surface area contributed by atoms with Gasteiger partial charge in [0.05, 0.1) is 5.69 Å². The van der Waals surface area contributed by atoms with Crippen molar-refractivity contribution in [1.29, 1.82) is 0 Å². The van der Waals surface area contributed by atoms with E-state index in [1.807, 2.05) is 24.6 Å². The highest BCUT2D eigenvalue weighted by atomic mass is 16.5. The lowest BCUT2D eigenvalue weighted by atomic mass is 10.2. The van der Waals surface area contributed by atoms with Gasteiger partial charge in [-0.1, -0.05) is 5.16 Å². The van der Waals surface area contributed by atoms with E-state index in [1.54, 1.807) is 24.5 Å². The summed E-state index contributed by atoms with van der Waals surface area (Å²) in [5, 5.41) is 11.1. The molecule has 1 amide bonds. The number of hydrogen-bond donors (Lipinski definition) is 1. The topological polar surface area (TPSA) is 108 Å². The Kier molecular flexibility index (Phi) is 6.26. The van der Waals surface area contributed by atoms with E-state index in [0.717, 1.165) is 29.9 Å². The van der Waals surface area contributed by atoms with Gasteiger partial charge in [-0.25, -0.2) is 0 Å². The molecule has 142 valence electrons. The second kappa shape index (κ2) is 9.04. The number of carbonyl (C=O) groups is 1. The molecule has 0 aromatic carbocycles. The molecule has 0 radical (unpaired) electrons. The first-order chi connectivity index (χ1) is 13.1. The first-order valence-electron chi connectivity index (χ1n) is 8.70. The van der Waals surface area contributed by atoms with Crippen molar-refractivity contribution in [2.45, 2.75) is 33.4 Å². The predicted octanol–water partition coefficient (Wildman–Crippen LogP) is 1.67. The quantitative estimate of drug-likeness (QED) is 0.571. The zero-order valence-corrected chi connectivity index (χ0v) is 15.4. The van der Waals surface area contributed by atoms with Gasteiger partial charge in [0.15, 0.2) is 0 Å². The summed E-state index contributed by atoms with van der Waals surface area (Å²) in [7, 11) is 0. The van der Waals surface area contributed by atoms with Gasteiger partial charge in [0, 0.05) is 36.7 Å². The predicted molar refractivity (Wildman–Crippen MR) is 96.5 cm³/mol. The van der Waals surface area contributed by atoms with Crippen LogP contribution in [0.15, 0.2) is 35.1 Å². The maximum absolute atomic E-state index is 11.8. The Bertz CT molecular complexity index is 874. The average molecular weight is 370 g/mol. The fraction of sp³-hybridized carbons (Fsp3) is 0.389. The molecule has 0 spiro atoms. The minimum atomic E-state index is -0.183. The molecule has 3 rings (SSSR count). The second-order valence-electron chi connectivity index (χ2n) is 6.09. The lowest BCUT2D eigenvalue weighted by Gasteiger charge is -2.06. The summed E-state index contributed by atoms with van der Waals surface area (Å²) in [5.41, 5.74) is 2.92. The number of carbonyl (C=O) groups excluding carboxylic acids is 1. The van der Waals surface area contributed by atoms with Crippen molar-refractivity contribution < 1.29 is 14.1 Å². The lowest BCUT2D eigenvalue weighted by Crippen LogP contribution is -2.29. The van der Waals surface area contributed by atoms with Crippen molar-refractivity contribution in [3.63, 3.8) is 0 Å². The standard InChI is InChI=1S/C18H22N6O3/c1-13-10-14(2)24(22-13)9-3-6-20-16(25)11-26-12-17-21-18(23-27-17)15-4-7-19-8-5-15/h4-5,7-8,10H,3,6,9,11-12H2,1-2H3,(H,20,25). The number of hydrogen-bond acceptors (Lipinski definition) is 7. The molecule has 0 saturated heterocycles. The summed E-state index contributed by atoms with van der Waals surface area (Å²) < 4.78 is 12.4. The number of nitrogens with one attached hydrogen (secondary N) is 1. The Morgan fingerprint density at radius 3 is 2.85 bits per heavy atom. The minimum absolute atomic E-state index is 0.0626. The van der Waals surface area contributed by atoms with Gasteiger partial charge in [-0.2, -0.15) is 10.1 Å². The van der Waals surface area contributed by atoms with Crippen LogP contribution >= 0.6 is 0 Å². The molecule has 3 aromatic heterocycles. The van der Waals surface area contributed by atoms with E-state index in [9.17, 15) is 4.79 Å². The molecule has 0 unspecified atom stereocenters. The molecule has 0 saturated carbocycles. The van der Waals surface area contributed by atoms with Crippen molar-refractivity contribution in [2.75, 3.05) is 13.2 Å². The summed E-state index contributed by atoms with van der Waals surface area (Å²) >= 11 is 0. The SMILES string of the molecule is Cc1cc(C)n(CCCNC(=O)COCc2nc(-c3ccncc3)no2)n1. The Morgan fingerprint density at radius 2 is 2.11 bits per heavy atom. The Labute approximate surface area is 156 Å². The minimum Gasteiger partial charge on any atom is -0.362 e. The number of amides is 1. The molecule has 0 aliphatic heterocycles. The molecular weight excluding hydrogens is 348 g/mol. The maximum atomic E-state index is 11.8. The fourth-order valence-corrected chi connectivity index (χ4v) is 2.57. The average Bonchev–Trinajstić information content (AvgIpc) is 3.26. The third kappa shape index (κ3) is 5.45. The normalized spacial score (nSPS) is 10.9. The van der Waals surface area contributed by atoms with Crippen molar-refractivity contribution in [1.82, 2.24) is 30.2 Å². The number of ether oxygens (including phenoxy) is 1. The lowest BCUT2D eigenvalue weighted by molar-refractivity contribution is -0.126. The van der Waals surface area contributed by atoms with E-state index in [-0.39, 0.29) is 19.1 Å². The number of pyridine rings is 1. The summed E-state index contributed by atoms with van der Waals surface area (Å²) in [6.07, 6.45) is 4.11. The number of aromatic nitrogens is 5. The van der Waals surface area contributed by atoms with Crippen LogP contribution in [0.2, 0.25) is 0 Å². The van der Waals surface area contributed by atoms with Crippen LogP contribution in [-0.4, -0.2) is 44.0 Å². The highest BCUT2D eigenvalue weighted by Crippen LogP contribution is 2.14. The molecule has 3 aromatic rings. The third-order valence-corrected chi connectivity index (χ3v) is 3.84. The molecule has 3 heterocycles. The van der Waals surface area contributed by atoms with Crippen LogP contribution < -0.4 is 5.32 Å². The Morgan fingerprint density at radius 1 is 1.30 bits per heavy atom. The van der Waals surface area contributed by atoms with Crippen LogP contribution in [0.5, 0.6) is 0 Å². The van der Waals surface area contributed by atoms with E-state index < -0.39 is 0 Å². The van der Waals surface area contributed by atoms with Crippen LogP contribution in [0, 0.1) is 13.8 Å². The third-order valence-electron chi connectivity index (χ3n) is 3.84. The van der Waals surface area contributed by atoms with Gasteiger partial charge < -0.3 is 14.6 Å². The fourth-order valence-electron chi connectivity index (χ4n) is 2.57. The van der Waals surface area contributed by atoms with Crippen LogP contribution in [0.1, 0.15) is 23.7 Å². The summed E-state index contributed by atoms with van der Waals surface area (Å²) in [6.45, 7) is 5.33. The van der Waals surface area contributed by atoms with E-state index in [4.69, 9.17) is 9.26 Å². The van der Waals surface area contributed by atoms with E-state index in [0.29, 0.717) is 18.3 Å². The zero-order valence-electron chi connectivity index (χ0n) is 15.4. The van der Waals surface area contributed by atoms with Crippen molar-refractivity contribution >= 4 is 5.91 Å². The van der Waals surface area contributed by atoms with Gasteiger partial charge in [-0.05, 0) is 38.5 Å². The van der Waals surface area contributed by atoms with E-state index in [1.165, 1.54) is 0 Å². The van der Waals surface area contributed by atoms with Crippen LogP contribution in [0.25, 0.3) is 11.4 Å². The molecule has 0 aliphatic rings. The molecule has 9 heteroatoms. The monoisotopic (exact) mass is 370 g/mol. The van der Waals surface area contributed by atoms with E-state index >= 15 is 0 Å². The van der Waals surface area contributed by atoms with Crippen molar-refractivity contribution in [2.24, 2.45) is 0 Å². The number of aryl methyl sites for hydroxylation is 3. The molecule has 27 heavy (non-hydrogen) atoms. The maximum Gasteiger partial charge on any atom is 0.252 e. The Balaban J connectivity index is 1.33. The molecule has 0 aliphatic carbocycles. The smallest absolute Gasteiger partial charge is 0.252 e. The summed E-state index contributed by atoms with van der Waals surface area (Å²) in [6, 6.07) is 5.61. The molecule has 0 fully saturated rings. The summed E-state index contributed by atoms with van der Waals surface area (Å²) in [4.78, 5) is 20.0. The second-order valence-corrected chi connectivity index (χ2v) is 6.09. The zero-order chi connectivity index (χ0) is 19.1. The number of nitrogens with zero attached hydrogens (tertiary/aromatic N) is 5. The van der Waals surface area contributed by atoms with Crippen molar-refractivity contribution in [3.05, 3.63) is 47.9 Å². The van der Waals surface area contributed by atoms with Gasteiger partial charge >= 0.3 is 0 Å². The van der Waals surface area contributed by atoms with E-state index in [2.05, 4.69) is 25.5 Å². The summed E-state index contributed by atoms with van der Waals surface area (Å²) in [5.74, 6) is 0.598. The van der Waals surface area contributed by atoms with Gasteiger partial charge in [-0.15, -0.1) is 0 Å². The van der Waals surface area contributed by atoms with Crippen LogP contribution in [0.4, 0.5) is 0 Å². The molecule has 1 N–H and O–H groups in total.